The Morgan fingerprint density at radius 3 is 2.31 bits per heavy atom. The van der Waals surface area contributed by atoms with Crippen LogP contribution in [0.2, 0.25) is 0 Å². The number of benzene rings is 2. The van der Waals surface area contributed by atoms with Gasteiger partial charge < -0.3 is 0 Å². The van der Waals surface area contributed by atoms with E-state index in [2.05, 4.69) is 4.98 Å². The fourth-order valence-corrected chi connectivity index (χ4v) is 3.29. The van der Waals surface area contributed by atoms with E-state index in [1.165, 1.54) is 0 Å². The first-order valence-electron chi connectivity index (χ1n) is 7.73. The Kier molecular flexibility index (Phi) is 4.60. The number of nitrogens with zero attached hydrogens (tertiary/aromatic N) is 1. The molecule has 0 saturated carbocycles. The van der Waals surface area contributed by atoms with Gasteiger partial charge in [0, 0.05) is 22.9 Å². The maximum Gasteiger partial charge on any atom is 0.241 e. The zero-order valence-corrected chi connectivity index (χ0v) is 14.9. The molecule has 0 fully saturated rings. The molecule has 0 unspecified atom stereocenters. The summed E-state index contributed by atoms with van der Waals surface area (Å²) in [6.07, 6.45) is 1.56. The molecule has 134 valence electrons. The molecule has 26 heavy (non-hydrogen) atoms. The molecule has 0 aliphatic heterocycles. The van der Waals surface area contributed by atoms with Crippen molar-refractivity contribution >= 4 is 10.0 Å². The standard InChI is InChI=1S/C19H16F2N2O2S/c1-11-5-6-13(8-12(11)2)19-14(4-3-7-23-19)15-9-17(21)18(10-16(15)20)26(22,24)25/h3-10H,1-2H3,(H2,22,24,25). The van der Waals surface area contributed by atoms with Gasteiger partial charge in [0.05, 0.1) is 5.69 Å². The second kappa shape index (κ2) is 6.59. The number of primary sulfonamides is 1. The first-order valence-corrected chi connectivity index (χ1v) is 9.28. The van der Waals surface area contributed by atoms with Crippen LogP contribution in [0, 0.1) is 25.5 Å². The van der Waals surface area contributed by atoms with Crippen molar-refractivity contribution in [1.29, 1.82) is 0 Å². The van der Waals surface area contributed by atoms with Gasteiger partial charge >= 0.3 is 0 Å². The molecular weight excluding hydrogens is 358 g/mol. The molecule has 7 heteroatoms. The van der Waals surface area contributed by atoms with Crippen molar-refractivity contribution in [3.8, 4) is 22.4 Å². The molecule has 0 amide bonds. The normalized spacial score (nSPS) is 11.6. The van der Waals surface area contributed by atoms with Gasteiger partial charge in [0.15, 0.2) is 0 Å². The molecule has 0 saturated heterocycles. The number of aryl methyl sites for hydroxylation is 2. The largest absolute Gasteiger partial charge is 0.256 e. The van der Waals surface area contributed by atoms with Crippen molar-refractivity contribution in [3.63, 3.8) is 0 Å². The summed E-state index contributed by atoms with van der Waals surface area (Å²) < 4.78 is 51.5. The van der Waals surface area contributed by atoms with Crippen LogP contribution in [0.3, 0.4) is 0 Å². The highest BCUT2D eigenvalue weighted by molar-refractivity contribution is 7.89. The molecule has 0 bridgehead atoms. The van der Waals surface area contributed by atoms with Gasteiger partial charge in [-0.15, -0.1) is 0 Å². The molecular formula is C19H16F2N2O2S. The third kappa shape index (κ3) is 3.36. The molecule has 2 aromatic carbocycles. The molecule has 1 heterocycles. The maximum absolute atomic E-state index is 14.6. The first-order chi connectivity index (χ1) is 12.2. The molecule has 4 nitrogen and oxygen atoms in total. The average Bonchev–Trinajstić information content (AvgIpc) is 2.58. The number of sulfonamides is 1. The lowest BCUT2D eigenvalue weighted by Crippen LogP contribution is -2.14. The molecule has 0 radical (unpaired) electrons. The number of hydrogen-bond acceptors (Lipinski definition) is 3. The molecule has 0 aliphatic rings. The van der Waals surface area contributed by atoms with E-state index in [0.717, 1.165) is 22.8 Å². The Balaban J connectivity index is 2.23. The SMILES string of the molecule is Cc1ccc(-c2ncccc2-c2cc(F)c(S(N)(=O)=O)cc2F)cc1C. The lowest BCUT2D eigenvalue weighted by molar-refractivity contribution is 0.555. The second-order valence-electron chi connectivity index (χ2n) is 6.01. The minimum absolute atomic E-state index is 0.0868. The maximum atomic E-state index is 14.6. The molecule has 3 rings (SSSR count). The molecule has 3 aromatic rings. The Bertz CT molecular complexity index is 1110. The van der Waals surface area contributed by atoms with Crippen molar-refractivity contribution in [2.75, 3.05) is 0 Å². The summed E-state index contributed by atoms with van der Waals surface area (Å²) in [5.41, 5.74) is 3.62. The van der Waals surface area contributed by atoms with Crippen molar-refractivity contribution in [1.82, 2.24) is 4.98 Å². The monoisotopic (exact) mass is 374 g/mol. The number of nitrogens with two attached hydrogens (primary N) is 1. The predicted molar refractivity (Wildman–Crippen MR) is 95.9 cm³/mol. The minimum Gasteiger partial charge on any atom is -0.256 e. The van der Waals surface area contributed by atoms with Gasteiger partial charge in [-0.05, 0) is 49.2 Å². The summed E-state index contributed by atoms with van der Waals surface area (Å²) in [6, 6.07) is 10.3. The van der Waals surface area contributed by atoms with Crippen LogP contribution in [0.5, 0.6) is 0 Å². The van der Waals surface area contributed by atoms with Crippen LogP contribution in [0.25, 0.3) is 22.4 Å². The van der Waals surface area contributed by atoms with Gasteiger partial charge in [0.1, 0.15) is 16.5 Å². The predicted octanol–water partition coefficient (Wildman–Crippen LogP) is 3.96. The van der Waals surface area contributed by atoms with Crippen LogP contribution in [0.4, 0.5) is 8.78 Å². The Hall–Kier alpha value is -2.64. The number of rotatable bonds is 3. The van der Waals surface area contributed by atoms with E-state index >= 15 is 0 Å². The third-order valence-electron chi connectivity index (χ3n) is 4.21. The first kappa shape index (κ1) is 18.2. The molecule has 0 aliphatic carbocycles. The second-order valence-corrected chi connectivity index (χ2v) is 7.54. The summed E-state index contributed by atoms with van der Waals surface area (Å²) >= 11 is 0. The van der Waals surface area contributed by atoms with Gasteiger partial charge in [0.25, 0.3) is 0 Å². The topological polar surface area (TPSA) is 73.0 Å². The lowest BCUT2D eigenvalue weighted by Gasteiger charge is -2.12. The summed E-state index contributed by atoms with van der Waals surface area (Å²) in [6.45, 7) is 3.92. The number of hydrogen-bond donors (Lipinski definition) is 1. The van der Waals surface area contributed by atoms with E-state index in [9.17, 15) is 17.2 Å². The van der Waals surface area contributed by atoms with E-state index in [-0.39, 0.29) is 5.56 Å². The zero-order chi connectivity index (χ0) is 19.1. The van der Waals surface area contributed by atoms with Crippen LogP contribution in [-0.2, 0) is 10.0 Å². The van der Waals surface area contributed by atoms with Crippen molar-refractivity contribution < 1.29 is 17.2 Å². The van der Waals surface area contributed by atoms with E-state index in [1.54, 1.807) is 18.3 Å². The number of pyridine rings is 1. The van der Waals surface area contributed by atoms with E-state index < -0.39 is 26.6 Å². The van der Waals surface area contributed by atoms with E-state index in [4.69, 9.17) is 5.14 Å². The molecule has 0 spiro atoms. The van der Waals surface area contributed by atoms with Crippen LogP contribution >= 0.6 is 0 Å². The third-order valence-corrected chi connectivity index (χ3v) is 5.13. The van der Waals surface area contributed by atoms with Gasteiger partial charge in [-0.25, -0.2) is 22.3 Å². The smallest absolute Gasteiger partial charge is 0.241 e. The van der Waals surface area contributed by atoms with Crippen molar-refractivity contribution in [2.24, 2.45) is 5.14 Å². The summed E-state index contributed by atoms with van der Waals surface area (Å²) in [5.74, 6) is -2.01. The van der Waals surface area contributed by atoms with Crippen LogP contribution in [-0.4, -0.2) is 13.4 Å². The average molecular weight is 374 g/mol. The molecule has 0 atom stereocenters. The number of aromatic nitrogens is 1. The van der Waals surface area contributed by atoms with Crippen molar-refractivity contribution in [3.05, 3.63) is 71.4 Å². The van der Waals surface area contributed by atoms with E-state index in [1.807, 2.05) is 32.0 Å². The summed E-state index contributed by atoms with van der Waals surface area (Å²) in [5, 5.41) is 4.92. The van der Waals surface area contributed by atoms with Crippen LogP contribution in [0.1, 0.15) is 11.1 Å². The molecule has 2 N–H and O–H groups in total. The lowest BCUT2D eigenvalue weighted by atomic mass is 9.96. The fourth-order valence-electron chi connectivity index (χ4n) is 2.69. The summed E-state index contributed by atoms with van der Waals surface area (Å²) in [4.78, 5) is 3.43. The molecule has 1 aromatic heterocycles. The van der Waals surface area contributed by atoms with Crippen LogP contribution < -0.4 is 5.14 Å². The highest BCUT2D eigenvalue weighted by atomic mass is 32.2. The minimum atomic E-state index is -4.36. The Morgan fingerprint density at radius 1 is 0.923 bits per heavy atom. The summed E-state index contributed by atoms with van der Waals surface area (Å²) in [7, 11) is -4.36. The van der Waals surface area contributed by atoms with Gasteiger partial charge in [-0.1, -0.05) is 18.2 Å². The number of halogens is 2. The Morgan fingerprint density at radius 2 is 1.65 bits per heavy atom. The van der Waals surface area contributed by atoms with Gasteiger partial charge in [-0.2, -0.15) is 0 Å². The fraction of sp³-hybridized carbons (Fsp3) is 0.105. The quantitative estimate of drug-likeness (QED) is 0.754. The highest BCUT2D eigenvalue weighted by Gasteiger charge is 2.21. The van der Waals surface area contributed by atoms with Gasteiger partial charge in [0.2, 0.25) is 10.0 Å². The highest BCUT2D eigenvalue weighted by Crippen LogP contribution is 2.34. The zero-order valence-electron chi connectivity index (χ0n) is 14.1. The Labute approximate surface area is 150 Å². The van der Waals surface area contributed by atoms with Gasteiger partial charge in [-0.3, -0.25) is 4.98 Å². The van der Waals surface area contributed by atoms with E-state index in [0.29, 0.717) is 17.3 Å². The van der Waals surface area contributed by atoms with Crippen molar-refractivity contribution in [2.45, 2.75) is 18.7 Å². The van der Waals surface area contributed by atoms with Crippen LogP contribution in [0.15, 0.2) is 53.6 Å².